The third kappa shape index (κ3) is 3.33. The molecule has 1 aliphatic carbocycles. The Balaban J connectivity index is 2.16. The maximum Gasteiger partial charge on any atom is 0.126 e. The van der Waals surface area contributed by atoms with Crippen LogP contribution in [0.15, 0.2) is 18.2 Å². The van der Waals surface area contributed by atoms with E-state index in [-0.39, 0.29) is 12.2 Å². The standard InChI is InChI=1S/C16H22ClFO2/c1-11-4-3-7-16(10-11,20-2)15(19)9-12-8-13(17)5-6-14(12)18/h5-6,8,11,15,19H,3-4,7,9-10H2,1-2H3. The second-order valence-corrected chi connectivity index (χ2v) is 6.36. The van der Waals surface area contributed by atoms with Gasteiger partial charge in [-0.3, -0.25) is 0 Å². The van der Waals surface area contributed by atoms with Crippen molar-refractivity contribution in [2.45, 2.75) is 50.7 Å². The monoisotopic (exact) mass is 300 g/mol. The number of benzene rings is 1. The number of ether oxygens (including phenoxy) is 1. The Morgan fingerprint density at radius 2 is 2.30 bits per heavy atom. The zero-order chi connectivity index (χ0) is 14.8. The molecule has 0 radical (unpaired) electrons. The molecule has 2 nitrogen and oxygen atoms in total. The second kappa shape index (κ2) is 6.42. The molecule has 0 saturated heterocycles. The molecular weight excluding hydrogens is 279 g/mol. The first-order valence-corrected chi connectivity index (χ1v) is 7.52. The summed E-state index contributed by atoms with van der Waals surface area (Å²) in [6.45, 7) is 2.17. The number of hydrogen-bond donors (Lipinski definition) is 1. The van der Waals surface area contributed by atoms with Gasteiger partial charge >= 0.3 is 0 Å². The Morgan fingerprint density at radius 3 is 2.95 bits per heavy atom. The van der Waals surface area contributed by atoms with Crippen molar-refractivity contribution < 1.29 is 14.2 Å². The number of hydrogen-bond acceptors (Lipinski definition) is 2. The lowest BCUT2D eigenvalue weighted by molar-refractivity contribution is -0.131. The smallest absolute Gasteiger partial charge is 0.126 e. The number of aliphatic hydroxyl groups excluding tert-OH is 1. The Bertz CT molecular complexity index is 466. The van der Waals surface area contributed by atoms with Gasteiger partial charge < -0.3 is 9.84 Å². The minimum Gasteiger partial charge on any atom is -0.390 e. The van der Waals surface area contributed by atoms with Gasteiger partial charge in [0.25, 0.3) is 0 Å². The Morgan fingerprint density at radius 1 is 1.55 bits per heavy atom. The van der Waals surface area contributed by atoms with E-state index in [1.54, 1.807) is 13.2 Å². The van der Waals surface area contributed by atoms with Crippen LogP contribution in [0, 0.1) is 11.7 Å². The van der Waals surface area contributed by atoms with Gasteiger partial charge in [0.05, 0.1) is 11.7 Å². The van der Waals surface area contributed by atoms with E-state index in [9.17, 15) is 9.50 Å². The van der Waals surface area contributed by atoms with Gasteiger partial charge in [0.2, 0.25) is 0 Å². The van der Waals surface area contributed by atoms with Crippen LogP contribution in [0.1, 0.15) is 38.2 Å². The summed E-state index contributed by atoms with van der Waals surface area (Å²) < 4.78 is 19.4. The molecule has 0 aliphatic heterocycles. The van der Waals surface area contributed by atoms with Crippen LogP contribution in [0.25, 0.3) is 0 Å². The first-order valence-electron chi connectivity index (χ1n) is 7.14. The Hall–Kier alpha value is -0.640. The average molecular weight is 301 g/mol. The predicted molar refractivity (Wildman–Crippen MR) is 78.5 cm³/mol. The van der Waals surface area contributed by atoms with Gasteiger partial charge in [0.15, 0.2) is 0 Å². The molecule has 1 aromatic carbocycles. The minimum atomic E-state index is -0.719. The lowest BCUT2D eigenvalue weighted by Crippen LogP contribution is -2.48. The first kappa shape index (κ1) is 15.7. The van der Waals surface area contributed by atoms with E-state index < -0.39 is 11.7 Å². The topological polar surface area (TPSA) is 29.5 Å². The van der Waals surface area contributed by atoms with Gasteiger partial charge in [-0.15, -0.1) is 0 Å². The van der Waals surface area contributed by atoms with E-state index in [0.29, 0.717) is 16.5 Å². The van der Waals surface area contributed by atoms with Gasteiger partial charge in [-0.25, -0.2) is 4.39 Å². The zero-order valence-electron chi connectivity index (χ0n) is 12.0. The van der Waals surface area contributed by atoms with Crippen molar-refractivity contribution >= 4 is 11.6 Å². The zero-order valence-corrected chi connectivity index (χ0v) is 12.8. The highest BCUT2D eigenvalue weighted by atomic mass is 35.5. The second-order valence-electron chi connectivity index (χ2n) is 5.93. The molecule has 0 aromatic heterocycles. The van der Waals surface area contributed by atoms with E-state index >= 15 is 0 Å². The SMILES string of the molecule is COC1(C(O)Cc2cc(Cl)ccc2F)CCCC(C)C1. The van der Waals surface area contributed by atoms with Gasteiger partial charge in [-0.2, -0.15) is 0 Å². The fourth-order valence-corrected chi connectivity index (χ4v) is 3.46. The summed E-state index contributed by atoms with van der Waals surface area (Å²) in [7, 11) is 1.63. The molecule has 1 saturated carbocycles. The van der Waals surface area contributed by atoms with Gasteiger partial charge in [0, 0.05) is 18.6 Å². The van der Waals surface area contributed by atoms with Gasteiger partial charge in [-0.05, 0) is 42.5 Å². The molecule has 112 valence electrons. The van der Waals surface area contributed by atoms with Crippen molar-refractivity contribution in [3.05, 3.63) is 34.6 Å². The molecule has 4 heteroatoms. The van der Waals surface area contributed by atoms with Crippen molar-refractivity contribution in [2.75, 3.05) is 7.11 Å². The Kier molecular flexibility index (Phi) is 5.05. The number of rotatable bonds is 4. The maximum atomic E-state index is 13.8. The number of halogens is 2. The van der Waals surface area contributed by atoms with E-state index in [0.717, 1.165) is 25.7 Å². The van der Waals surface area contributed by atoms with Crippen LogP contribution >= 0.6 is 11.6 Å². The number of methoxy groups -OCH3 is 1. The van der Waals surface area contributed by atoms with E-state index in [2.05, 4.69) is 6.92 Å². The highest BCUT2D eigenvalue weighted by molar-refractivity contribution is 6.30. The van der Waals surface area contributed by atoms with Gasteiger partial charge in [0.1, 0.15) is 5.82 Å². The average Bonchev–Trinajstić information content (AvgIpc) is 2.42. The Labute approximate surface area is 124 Å². The van der Waals surface area contributed by atoms with Crippen LogP contribution in [0.4, 0.5) is 4.39 Å². The highest BCUT2D eigenvalue weighted by Gasteiger charge is 2.41. The molecule has 3 atom stereocenters. The minimum absolute atomic E-state index is 0.229. The predicted octanol–water partition coefficient (Wildman–Crippen LogP) is 3.98. The molecule has 3 unspecified atom stereocenters. The molecule has 0 amide bonds. The van der Waals surface area contributed by atoms with Crippen LogP contribution < -0.4 is 0 Å². The molecule has 1 N–H and O–H groups in total. The summed E-state index contributed by atoms with van der Waals surface area (Å²) in [4.78, 5) is 0. The van der Waals surface area contributed by atoms with Crippen molar-refractivity contribution in [1.82, 2.24) is 0 Å². The summed E-state index contributed by atoms with van der Waals surface area (Å²) >= 11 is 5.90. The molecule has 20 heavy (non-hydrogen) atoms. The third-order valence-electron chi connectivity index (χ3n) is 4.43. The van der Waals surface area contributed by atoms with Crippen molar-refractivity contribution in [3.8, 4) is 0 Å². The largest absolute Gasteiger partial charge is 0.390 e. The molecule has 0 heterocycles. The quantitative estimate of drug-likeness (QED) is 0.911. The van der Waals surface area contributed by atoms with Gasteiger partial charge in [-0.1, -0.05) is 31.4 Å². The lowest BCUT2D eigenvalue weighted by atomic mass is 9.74. The summed E-state index contributed by atoms with van der Waals surface area (Å²) in [5, 5.41) is 11.1. The van der Waals surface area contributed by atoms with Crippen molar-refractivity contribution in [3.63, 3.8) is 0 Å². The summed E-state index contributed by atoms with van der Waals surface area (Å²) in [6.07, 6.45) is 3.33. The fraction of sp³-hybridized carbons (Fsp3) is 0.625. The van der Waals surface area contributed by atoms with Crippen LogP contribution in [0.2, 0.25) is 5.02 Å². The summed E-state index contributed by atoms with van der Waals surface area (Å²) in [5.74, 6) is 0.186. The third-order valence-corrected chi connectivity index (χ3v) is 4.66. The normalized spacial score (nSPS) is 28.4. The van der Waals surface area contributed by atoms with Crippen molar-refractivity contribution in [2.24, 2.45) is 5.92 Å². The molecule has 0 bridgehead atoms. The van der Waals surface area contributed by atoms with Crippen LogP contribution in [0.3, 0.4) is 0 Å². The van der Waals surface area contributed by atoms with Crippen LogP contribution in [-0.4, -0.2) is 23.9 Å². The van der Waals surface area contributed by atoms with Crippen molar-refractivity contribution in [1.29, 1.82) is 0 Å². The molecular formula is C16H22ClFO2. The van der Waals surface area contributed by atoms with E-state index in [4.69, 9.17) is 16.3 Å². The summed E-state index contributed by atoms with van der Waals surface area (Å²) in [5.41, 5.74) is -0.119. The van der Waals surface area contributed by atoms with E-state index in [1.165, 1.54) is 12.1 Å². The van der Waals surface area contributed by atoms with E-state index in [1.807, 2.05) is 0 Å². The van der Waals surface area contributed by atoms with Crippen LogP contribution in [-0.2, 0) is 11.2 Å². The fourth-order valence-electron chi connectivity index (χ4n) is 3.26. The maximum absolute atomic E-state index is 13.8. The van der Waals surface area contributed by atoms with Crippen LogP contribution in [0.5, 0.6) is 0 Å². The lowest BCUT2D eigenvalue weighted by Gasteiger charge is -2.42. The molecule has 1 fully saturated rings. The molecule has 2 rings (SSSR count). The first-order chi connectivity index (χ1) is 9.47. The summed E-state index contributed by atoms with van der Waals surface area (Å²) in [6, 6.07) is 4.44. The molecule has 1 aromatic rings. The molecule has 0 spiro atoms. The molecule has 1 aliphatic rings. The number of aliphatic hydroxyl groups is 1. The highest BCUT2D eigenvalue weighted by Crippen LogP contribution is 2.38.